The number of nitrogen functional groups attached to an aromatic ring is 1. The van der Waals surface area contributed by atoms with Crippen LogP contribution in [0.15, 0.2) is 18.2 Å². The van der Waals surface area contributed by atoms with Gasteiger partial charge in [-0.15, -0.1) is 12.3 Å². The summed E-state index contributed by atoms with van der Waals surface area (Å²) < 4.78 is 0. The molecule has 1 aromatic rings. The van der Waals surface area contributed by atoms with Crippen LogP contribution in [0.25, 0.3) is 0 Å². The highest BCUT2D eigenvalue weighted by Gasteiger charge is 2.07. The van der Waals surface area contributed by atoms with Crippen LogP contribution in [0.2, 0.25) is 0 Å². The van der Waals surface area contributed by atoms with E-state index in [1.54, 1.807) is 19.2 Å². The molecule has 1 rings (SSSR count). The Balaban J connectivity index is 2.31. The molecule has 120 valence electrons. The monoisotopic (exact) mass is 302 g/mol. The number of likely N-dealkylation sites (N-methyl/N-ethyl adjacent to an activating group) is 1. The minimum atomic E-state index is -0.102. The van der Waals surface area contributed by atoms with Crippen molar-refractivity contribution in [2.45, 2.75) is 19.3 Å². The van der Waals surface area contributed by atoms with Crippen molar-refractivity contribution in [1.82, 2.24) is 10.2 Å². The fraction of sp³-hybridized carbons (Fsp3) is 0.471. The lowest BCUT2D eigenvalue weighted by molar-refractivity contribution is 0.0950. The lowest BCUT2D eigenvalue weighted by atomic mass is 10.1. The molecule has 0 aliphatic rings. The van der Waals surface area contributed by atoms with Crippen LogP contribution in [0.5, 0.6) is 0 Å². The largest absolute Gasteiger partial charge is 0.397 e. The Morgan fingerprint density at radius 1 is 1.36 bits per heavy atom. The molecule has 1 amide bonds. The minimum Gasteiger partial charge on any atom is -0.397 e. The molecule has 5 nitrogen and oxygen atoms in total. The van der Waals surface area contributed by atoms with Crippen LogP contribution in [0.3, 0.4) is 0 Å². The number of nitrogens with two attached hydrogens (primary N) is 1. The van der Waals surface area contributed by atoms with E-state index in [0.29, 0.717) is 17.8 Å². The first-order valence-electron chi connectivity index (χ1n) is 7.56. The number of hydrogen-bond donors (Lipinski definition) is 3. The molecule has 0 atom stereocenters. The van der Waals surface area contributed by atoms with E-state index in [4.69, 9.17) is 12.2 Å². The number of nitrogens with one attached hydrogen (secondary N) is 2. The van der Waals surface area contributed by atoms with Gasteiger partial charge in [-0.3, -0.25) is 4.79 Å². The normalized spacial score (nSPS) is 10.3. The molecule has 0 heterocycles. The van der Waals surface area contributed by atoms with Gasteiger partial charge in [-0.25, -0.2) is 0 Å². The molecule has 0 aromatic heterocycles. The Hall–Kier alpha value is -2.19. The van der Waals surface area contributed by atoms with Gasteiger partial charge in [0.15, 0.2) is 0 Å². The second-order valence-electron chi connectivity index (χ2n) is 5.27. The van der Waals surface area contributed by atoms with Gasteiger partial charge in [-0.1, -0.05) is 0 Å². The number of unbranched alkanes of at least 4 members (excludes halogenated alkanes) is 2. The van der Waals surface area contributed by atoms with Gasteiger partial charge in [0.1, 0.15) is 0 Å². The van der Waals surface area contributed by atoms with Gasteiger partial charge >= 0.3 is 0 Å². The smallest absolute Gasteiger partial charge is 0.251 e. The summed E-state index contributed by atoms with van der Waals surface area (Å²) in [6.45, 7) is 2.41. The zero-order chi connectivity index (χ0) is 16.4. The SMILES string of the molecule is C#CCCCCN(C)CCNC(=O)c1ccc(NC)c(N)c1. The first-order valence-corrected chi connectivity index (χ1v) is 7.56. The third-order valence-corrected chi connectivity index (χ3v) is 3.47. The fourth-order valence-electron chi connectivity index (χ4n) is 2.11. The van der Waals surface area contributed by atoms with Gasteiger partial charge in [0.05, 0.1) is 11.4 Å². The molecule has 0 radical (unpaired) electrons. The third kappa shape index (κ3) is 6.06. The maximum atomic E-state index is 12.0. The number of anilines is 2. The standard InChI is InChI=1S/C17H26N4O/c1-4-5-6-7-11-21(3)12-10-20-17(22)14-8-9-16(19-2)15(18)13-14/h1,8-9,13,19H,5-7,10-12,18H2,2-3H3,(H,20,22). The van der Waals surface area contributed by atoms with Crippen LogP contribution in [0.1, 0.15) is 29.6 Å². The van der Waals surface area contributed by atoms with Crippen LogP contribution in [0.4, 0.5) is 11.4 Å². The number of rotatable bonds is 9. The number of carbonyl (C=O) groups excluding carboxylic acids is 1. The van der Waals surface area contributed by atoms with E-state index in [1.807, 2.05) is 13.1 Å². The van der Waals surface area contributed by atoms with Gasteiger partial charge in [-0.05, 0) is 44.6 Å². The highest BCUT2D eigenvalue weighted by atomic mass is 16.1. The zero-order valence-corrected chi connectivity index (χ0v) is 13.5. The molecule has 5 heteroatoms. The van der Waals surface area contributed by atoms with Gasteiger partial charge in [0.2, 0.25) is 0 Å². The lowest BCUT2D eigenvalue weighted by Crippen LogP contribution is -2.33. The van der Waals surface area contributed by atoms with E-state index in [1.165, 1.54) is 0 Å². The predicted octanol–water partition coefficient (Wildman–Crippen LogP) is 1.78. The van der Waals surface area contributed by atoms with Crippen LogP contribution in [0, 0.1) is 12.3 Å². The minimum absolute atomic E-state index is 0.102. The van der Waals surface area contributed by atoms with Crippen molar-refractivity contribution in [3.8, 4) is 12.3 Å². The van der Waals surface area contributed by atoms with Crippen molar-refractivity contribution >= 4 is 17.3 Å². The number of nitrogens with zero attached hydrogens (tertiary/aromatic N) is 1. The van der Waals surface area contributed by atoms with E-state index < -0.39 is 0 Å². The number of hydrogen-bond acceptors (Lipinski definition) is 4. The quantitative estimate of drug-likeness (QED) is 0.369. The zero-order valence-electron chi connectivity index (χ0n) is 13.5. The van der Waals surface area contributed by atoms with Gasteiger partial charge in [0.25, 0.3) is 5.91 Å². The number of amides is 1. The number of benzene rings is 1. The van der Waals surface area contributed by atoms with Crippen LogP contribution >= 0.6 is 0 Å². The van der Waals surface area contributed by atoms with Gasteiger partial charge in [0, 0.05) is 32.1 Å². The highest BCUT2D eigenvalue weighted by Crippen LogP contribution is 2.18. The summed E-state index contributed by atoms with van der Waals surface area (Å²) in [4.78, 5) is 14.2. The molecule has 0 bridgehead atoms. The van der Waals surface area contributed by atoms with Crippen molar-refractivity contribution in [3.63, 3.8) is 0 Å². The van der Waals surface area contributed by atoms with E-state index in [9.17, 15) is 4.79 Å². The summed E-state index contributed by atoms with van der Waals surface area (Å²) in [5, 5.41) is 5.88. The van der Waals surface area contributed by atoms with E-state index >= 15 is 0 Å². The average molecular weight is 302 g/mol. The Labute approximate surface area is 133 Å². The summed E-state index contributed by atoms with van der Waals surface area (Å²) in [5.41, 5.74) is 7.83. The molecule has 0 saturated heterocycles. The first-order chi connectivity index (χ1) is 10.6. The van der Waals surface area contributed by atoms with E-state index in [2.05, 4.69) is 21.5 Å². The average Bonchev–Trinajstić information content (AvgIpc) is 2.51. The van der Waals surface area contributed by atoms with Crippen molar-refractivity contribution in [3.05, 3.63) is 23.8 Å². The van der Waals surface area contributed by atoms with Crippen molar-refractivity contribution in [1.29, 1.82) is 0 Å². The molecule has 0 aliphatic heterocycles. The summed E-state index contributed by atoms with van der Waals surface area (Å²) in [6.07, 6.45) is 8.17. The maximum Gasteiger partial charge on any atom is 0.251 e. The second-order valence-corrected chi connectivity index (χ2v) is 5.27. The maximum absolute atomic E-state index is 12.0. The Bertz CT molecular complexity index is 522. The molecular weight excluding hydrogens is 276 g/mol. The number of terminal acetylenes is 1. The molecule has 1 aromatic carbocycles. The highest BCUT2D eigenvalue weighted by molar-refractivity contribution is 5.96. The van der Waals surface area contributed by atoms with Crippen molar-refractivity contribution in [2.24, 2.45) is 0 Å². The van der Waals surface area contributed by atoms with Gasteiger partial charge in [-0.2, -0.15) is 0 Å². The summed E-state index contributed by atoms with van der Waals surface area (Å²) >= 11 is 0. The molecule has 0 unspecified atom stereocenters. The van der Waals surface area contributed by atoms with Crippen molar-refractivity contribution < 1.29 is 4.79 Å². The van der Waals surface area contributed by atoms with Crippen LogP contribution in [-0.4, -0.2) is 44.5 Å². The molecule has 22 heavy (non-hydrogen) atoms. The topological polar surface area (TPSA) is 70.4 Å². The molecule has 4 N–H and O–H groups in total. The molecule has 0 spiro atoms. The molecular formula is C17H26N4O. The summed E-state index contributed by atoms with van der Waals surface area (Å²) in [5.74, 6) is 2.54. The summed E-state index contributed by atoms with van der Waals surface area (Å²) in [7, 11) is 3.84. The fourth-order valence-corrected chi connectivity index (χ4v) is 2.11. The van der Waals surface area contributed by atoms with E-state index in [-0.39, 0.29) is 5.91 Å². The molecule has 0 fully saturated rings. The number of carbonyl (C=O) groups is 1. The van der Waals surface area contributed by atoms with E-state index in [0.717, 1.165) is 38.0 Å². The molecule has 0 aliphatic carbocycles. The predicted molar refractivity (Wildman–Crippen MR) is 92.9 cm³/mol. The third-order valence-electron chi connectivity index (χ3n) is 3.47. The Kier molecular flexibility index (Phi) is 7.87. The Morgan fingerprint density at radius 3 is 2.77 bits per heavy atom. The second kappa shape index (κ2) is 9.69. The first kappa shape index (κ1) is 17.9. The van der Waals surface area contributed by atoms with Crippen LogP contribution in [-0.2, 0) is 0 Å². The molecule has 0 saturated carbocycles. The lowest BCUT2D eigenvalue weighted by Gasteiger charge is -2.16. The summed E-state index contributed by atoms with van der Waals surface area (Å²) in [6, 6.07) is 5.26. The van der Waals surface area contributed by atoms with Crippen molar-refractivity contribution in [2.75, 3.05) is 44.8 Å². The van der Waals surface area contributed by atoms with Gasteiger partial charge < -0.3 is 21.3 Å². The Morgan fingerprint density at radius 2 is 2.14 bits per heavy atom. The van der Waals surface area contributed by atoms with Crippen LogP contribution < -0.4 is 16.4 Å².